The maximum atomic E-state index is 13.2. The summed E-state index contributed by atoms with van der Waals surface area (Å²) in [6.45, 7) is 1.12. The number of hydrogen-bond donors (Lipinski definition) is 1. The van der Waals surface area contributed by atoms with Crippen LogP contribution in [0.25, 0.3) is 0 Å². The average Bonchev–Trinajstić information content (AvgIpc) is 3.45. The van der Waals surface area contributed by atoms with Gasteiger partial charge in [-0.3, -0.25) is 14.3 Å². The lowest BCUT2D eigenvalue weighted by atomic mass is 10.1. The summed E-state index contributed by atoms with van der Waals surface area (Å²) in [5.74, 6) is -0.0284. The number of carbonyl (C=O) groups is 2. The molecule has 31 heavy (non-hydrogen) atoms. The molecule has 1 fully saturated rings. The lowest BCUT2D eigenvalue weighted by Crippen LogP contribution is -2.43. The molecule has 8 heteroatoms. The Morgan fingerprint density at radius 1 is 1.23 bits per heavy atom. The second kappa shape index (κ2) is 9.22. The van der Waals surface area contributed by atoms with Crippen molar-refractivity contribution in [3.05, 3.63) is 77.1 Å². The molecule has 1 aliphatic heterocycles. The molecule has 3 aromatic rings. The number of anilines is 1. The van der Waals surface area contributed by atoms with Crippen molar-refractivity contribution in [1.82, 2.24) is 14.7 Å². The fourth-order valence-corrected chi connectivity index (χ4v) is 4.01. The van der Waals surface area contributed by atoms with Gasteiger partial charge in [0.2, 0.25) is 5.91 Å². The van der Waals surface area contributed by atoms with E-state index >= 15 is 0 Å². The van der Waals surface area contributed by atoms with E-state index in [-0.39, 0.29) is 11.8 Å². The highest BCUT2D eigenvalue weighted by Gasteiger charge is 2.35. The Labute approximate surface area is 185 Å². The number of amides is 2. The summed E-state index contributed by atoms with van der Waals surface area (Å²) in [5.41, 5.74) is 2.06. The predicted octanol–water partition coefficient (Wildman–Crippen LogP) is 3.84. The SMILES string of the molecule is COc1ccc(Cl)cc1C(=O)N1CCCC1C(=O)Nc1cccc(Cn2cccn2)c1. The topological polar surface area (TPSA) is 76.5 Å². The molecule has 1 N–H and O–H groups in total. The largest absolute Gasteiger partial charge is 0.496 e. The molecule has 0 aliphatic carbocycles. The van der Waals surface area contributed by atoms with Crippen LogP contribution in [0.4, 0.5) is 5.69 Å². The number of hydrogen-bond acceptors (Lipinski definition) is 4. The molecule has 0 radical (unpaired) electrons. The molecule has 1 aliphatic rings. The number of benzene rings is 2. The smallest absolute Gasteiger partial charge is 0.258 e. The third-order valence-electron chi connectivity index (χ3n) is 5.31. The Kier molecular flexibility index (Phi) is 6.23. The lowest BCUT2D eigenvalue weighted by molar-refractivity contribution is -0.119. The number of halogens is 1. The van der Waals surface area contributed by atoms with Gasteiger partial charge in [0.25, 0.3) is 5.91 Å². The van der Waals surface area contributed by atoms with E-state index in [1.165, 1.54) is 7.11 Å². The number of nitrogens with one attached hydrogen (secondary N) is 1. The summed E-state index contributed by atoms with van der Waals surface area (Å²) in [7, 11) is 1.50. The summed E-state index contributed by atoms with van der Waals surface area (Å²) >= 11 is 6.08. The molecule has 160 valence electrons. The summed E-state index contributed by atoms with van der Waals surface area (Å²) < 4.78 is 7.13. The summed E-state index contributed by atoms with van der Waals surface area (Å²) in [5, 5.41) is 7.61. The zero-order valence-electron chi connectivity index (χ0n) is 17.1. The molecule has 2 aromatic carbocycles. The molecule has 1 unspecified atom stereocenters. The second-order valence-corrected chi connectivity index (χ2v) is 7.83. The molecule has 0 spiro atoms. The van der Waals surface area contributed by atoms with Gasteiger partial charge in [-0.25, -0.2) is 0 Å². The van der Waals surface area contributed by atoms with Gasteiger partial charge in [-0.15, -0.1) is 0 Å². The average molecular weight is 439 g/mol. The molecule has 4 rings (SSSR count). The number of rotatable bonds is 6. The Morgan fingerprint density at radius 3 is 2.87 bits per heavy atom. The summed E-state index contributed by atoms with van der Waals surface area (Å²) in [6, 6.07) is 13.9. The Hall–Kier alpha value is -3.32. The standard InChI is InChI=1S/C23H23ClN4O3/c1-31-21-9-8-17(24)14-19(21)23(30)28-12-3-7-20(28)22(29)26-18-6-2-5-16(13-18)15-27-11-4-10-25-27/h2,4-6,8-11,13-14,20H,3,7,12,15H2,1H3,(H,26,29). The highest BCUT2D eigenvalue weighted by atomic mass is 35.5. The van der Waals surface area contributed by atoms with Gasteiger partial charge in [-0.1, -0.05) is 23.7 Å². The van der Waals surface area contributed by atoms with E-state index in [1.807, 2.05) is 41.2 Å². The summed E-state index contributed by atoms with van der Waals surface area (Å²) in [4.78, 5) is 27.8. The molecular formula is C23H23ClN4O3. The molecule has 2 heterocycles. The van der Waals surface area contributed by atoms with Gasteiger partial charge in [-0.05, 0) is 54.8 Å². The third-order valence-corrected chi connectivity index (χ3v) is 5.54. The fraction of sp³-hybridized carbons (Fsp3) is 0.261. The first-order valence-corrected chi connectivity index (χ1v) is 10.4. The van der Waals surface area contributed by atoms with Crippen LogP contribution in [0.15, 0.2) is 60.9 Å². The van der Waals surface area contributed by atoms with Crippen molar-refractivity contribution >= 4 is 29.1 Å². The molecule has 0 saturated carbocycles. The molecule has 2 amide bonds. The van der Waals surface area contributed by atoms with Gasteiger partial charge in [0.05, 0.1) is 19.2 Å². The van der Waals surface area contributed by atoms with Crippen LogP contribution in [-0.4, -0.2) is 46.2 Å². The van der Waals surface area contributed by atoms with Crippen molar-refractivity contribution in [1.29, 1.82) is 0 Å². The highest BCUT2D eigenvalue weighted by molar-refractivity contribution is 6.31. The van der Waals surface area contributed by atoms with Crippen molar-refractivity contribution in [2.75, 3.05) is 19.0 Å². The summed E-state index contributed by atoms with van der Waals surface area (Å²) in [6.07, 6.45) is 4.98. The number of carbonyl (C=O) groups excluding carboxylic acids is 2. The predicted molar refractivity (Wildman–Crippen MR) is 118 cm³/mol. The highest BCUT2D eigenvalue weighted by Crippen LogP contribution is 2.28. The minimum absolute atomic E-state index is 0.205. The van der Waals surface area contributed by atoms with Gasteiger partial charge >= 0.3 is 0 Å². The Balaban J connectivity index is 1.48. The van der Waals surface area contributed by atoms with Gasteiger partial charge in [0.1, 0.15) is 11.8 Å². The van der Waals surface area contributed by atoms with Crippen molar-refractivity contribution in [2.45, 2.75) is 25.4 Å². The van der Waals surface area contributed by atoms with Crippen LogP contribution in [0.2, 0.25) is 5.02 Å². The van der Waals surface area contributed by atoms with E-state index in [4.69, 9.17) is 16.3 Å². The number of aromatic nitrogens is 2. The van der Waals surface area contributed by atoms with Crippen molar-refractivity contribution in [3.8, 4) is 5.75 Å². The number of likely N-dealkylation sites (tertiary alicyclic amines) is 1. The van der Waals surface area contributed by atoms with Crippen molar-refractivity contribution in [2.24, 2.45) is 0 Å². The lowest BCUT2D eigenvalue weighted by Gasteiger charge is -2.25. The minimum Gasteiger partial charge on any atom is -0.496 e. The van der Waals surface area contributed by atoms with Crippen LogP contribution in [0.5, 0.6) is 5.75 Å². The number of nitrogens with zero attached hydrogens (tertiary/aromatic N) is 3. The molecule has 1 saturated heterocycles. The third kappa shape index (κ3) is 4.72. The fourth-order valence-electron chi connectivity index (χ4n) is 3.84. The van der Waals surface area contributed by atoms with Gasteiger partial charge in [0.15, 0.2) is 0 Å². The van der Waals surface area contributed by atoms with Crippen LogP contribution >= 0.6 is 11.6 Å². The van der Waals surface area contributed by atoms with E-state index in [2.05, 4.69) is 10.4 Å². The van der Waals surface area contributed by atoms with Gasteiger partial charge in [-0.2, -0.15) is 5.10 Å². The van der Waals surface area contributed by atoms with Crippen LogP contribution in [0, 0.1) is 0 Å². The van der Waals surface area contributed by atoms with Crippen LogP contribution in [0.1, 0.15) is 28.8 Å². The van der Waals surface area contributed by atoms with E-state index in [1.54, 1.807) is 29.3 Å². The zero-order chi connectivity index (χ0) is 21.8. The molecule has 7 nitrogen and oxygen atoms in total. The van der Waals surface area contributed by atoms with Gasteiger partial charge in [0, 0.05) is 29.6 Å². The second-order valence-electron chi connectivity index (χ2n) is 7.39. The first kappa shape index (κ1) is 20.9. The maximum Gasteiger partial charge on any atom is 0.258 e. The molecule has 1 atom stereocenters. The first-order chi connectivity index (χ1) is 15.0. The van der Waals surface area contributed by atoms with Crippen LogP contribution in [-0.2, 0) is 11.3 Å². The van der Waals surface area contributed by atoms with Gasteiger partial charge < -0.3 is 15.0 Å². The quantitative estimate of drug-likeness (QED) is 0.634. The molecule has 0 bridgehead atoms. The Bertz CT molecular complexity index is 1080. The Morgan fingerprint density at radius 2 is 2.10 bits per heavy atom. The minimum atomic E-state index is -0.550. The number of ether oxygens (including phenoxy) is 1. The maximum absolute atomic E-state index is 13.2. The van der Waals surface area contributed by atoms with Crippen LogP contribution in [0.3, 0.4) is 0 Å². The van der Waals surface area contributed by atoms with E-state index < -0.39 is 6.04 Å². The van der Waals surface area contributed by atoms with Crippen LogP contribution < -0.4 is 10.1 Å². The monoisotopic (exact) mass is 438 g/mol. The molecule has 1 aromatic heterocycles. The number of methoxy groups -OCH3 is 1. The first-order valence-electron chi connectivity index (χ1n) is 10.1. The van der Waals surface area contributed by atoms with E-state index in [9.17, 15) is 9.59 Å². The van der Waals surface area contributed by atoms with Crippen molar-refractivity contribution < 1.29 is 14.3 Å². The zero-order valence-corrected chi connectivity index (χ0v) is 17.9. The van der Waals surface area contributed by atoms with E-state index in [0.29, 0.717) is 41.5 Å². The van der Waals surface area contributed by atoms with Crippen molar-refractivity contribution in [3.63, 3.8) is 0 Å². The molecular weight excluding hydrogens is 416 g/mol. The van der Waals surface area contributed by atoms with E-state index in [0.717, 1.165) is 12.0 Å². The normalized spacial score (nSPS) is 15.7.